The molecule has 4 heteroatoms. The third-order valence-electron chi connectivity index (χ3n) is 3.62. The van der Waals surface area contributed by atoms with Gasteiger partial charge in [0, 0.05) is 30.6 Å². The van der Waals surface area contributed by atoms with Crippen LogP contribution in [0, 0.1) is 11.8 Å². The van der Waals surface area contributed by atoms with Crippen LogP contribution in [0.2, 0.25) is 0 Å². The van der Waals surface area contributed by atoms with Crippen LogP contribution >= 0.6 is 11.3 Å². The molecule has 18 heavy (non-hydrogen) atoms. The molecule has 2 unspecified atom stereocenters. The second-order valence-electron chi connectivity index (χ2n) is 5.12. The van der Waals surface area contributed by atoms with Crippen molar-refractivity contribution < 1.29 is 9.90 Å². The summed E-state index contributed by atoms with van der Waals surface area (Å²) in [5.74, 6) is 0.613. The Morgan fingerprint density at radius 1 is 1.50 bits per heavy atom. The van der Waals surface area contributed by atoms with Gasteiger partial charge in [-0.2, -0.15) is 0 Å². The van der Waals surface area contributed by atoms with Gasteiger partial charge in [-0.1, -0.05) is 13.8 Å². The van der Waals surface area contributed by atoms with Gasteiger partial charge in [0.25, 0.3) is 0 Å². The highest BCUT2D eigenvalue weighted by Crippen LogP contribution is 2.27. The highest BCUT2D eigenvalue weighted by atomic mass is 32.1. The van der Waals surface area contributed by atoms with E-state index in [1.165, 1.54) is 11.0 Å². The van der Waals surface area contributed by atoms with Crippen molar-refractivity contribution in [3.05, 3.63) is 28.0 Å². The molecule has 0 bridgehead atoms. The molecule has 0 amide bonds. The molecule has 1 fully saturated rings. The summed E-state index contributed by atoms with van der Waals surface area (Å²) in [6.07, 6.45) is 2.90. The average molecular weight is 265 g/mol. The van der Waals surface area contributed by atoms with Crippen LogP contribution in [0.4, 0.5) is 0 Å². The Morgan fingerprint density at radius 3 is 2.78 bits per heavy atom. The molecule has 1 aromatic heterocycles. The third-order valence-corrected chi connectivity index (χ3v) is 4.54. The lowest BCUT2D eigenvalue weighted by Gasteiger charge is -2.14. The number of thiophene rings is 1. The SMILES string of the molecule is CC1CN(Cc2sccc2C=CC(=O)O)CC1C. The van der Waals surface area contributed by atoms with Crippen LogP contribution in [0.15, 0.2) is 17.5 Å². The molecule has 0 spiro atoms. The Bertz CT molecular complexity index is 442. The van der Waals surface area contributed by atoms with Crippen LogP contribution in [-0.2, 0) is 11.3 Å². The predicted molar refractivity (Wildman–Crippen MR) is 74.6 cm³/mol. The van der Waals surface area contributed by atoms with Crippen molar-refractivity contribution in [1.29, 1.82) is 0 Å². The van der Waals surface area contributed by atoms with Crippen LogP contribution in [0.5, 0.6) is 0 Å². The van der Waals surface area contributed by atoms with E-state index < -0.39 is 5.97 Å². The molecular formula is C14H19NO2S. The molecule has 1 N–H and O–H groups in total. The van der Waals surface area contributed by atoms with Crippen LogP contribution < -0.4 is 0 Å². The van der Waals surface area contributed by atoms with Crippen molar-refractivity contribution in [3.63, 3.8) is 0 Å². The summed E-state index contributed by atoms with van der Waals surface area (Å²) in [7, 11) is 0. The second-order valence-corrected chi connectivity index (χ2v) is 6.12. The van der Waals surface area contributed by atoms with E-state index in [0.29, 0.717) is 0 Å². The van der Waals surface area contributed by atoms with E-state index in [-0.39, 0.29) is 0 Å². The van der Waals surface area contributed by atoms with Crippen LogP contribution in [0.25, 0.3) is 6.08 Å². The molecule has 2 rings (SSSR count). The quantitative estimate of drug-likeness (QED) is 0.851. The molecular weight excluding hydrogens is 246 g/mol. The number of carboxylic acids is 1. The van der Waals surface area contributed by atoms with E-state index in [0.717, 1.165) is 37.0 Å². The number of rotatable bonds is 4. The highest BCUT2D eigenvalue weighted by molar-refractivity contribution is 7.10. The van der Waals surface area contributed by atoms with Gasteiger partial charge in [0.05, 0.1) is 0 Å². The molecule has 1 aromatic rings. The summed E-state index contributed by atoms with van der Waals surface area (Å²) in [5, 5.41) is 10.7. The minimum absolute atomic E-state index is 0.753. The van der Waals surface area contributed by atoms with E-state index in [9.17, 15) is 4.79 Å². The normalized spacial score (nSPS) is 25.0. The Labute approximate surface area is 112 Å². The Morgan fingerprint density at radius 2 is 2.17 bits per heavy atom. The minimum Gasteiger partial charge on any atom is -0.478 e. The molecule has 2 heterocycles. The smallest absolute Gasteiger partial charge is 0.328 e. The van der Waals surface area contributed by atoms with Gasteiger partial charge in [-0.05, 0) is 34.9 Å². The number of hydrogen-bond donors (Lipinski definition) is 1. The number of aliphatic carboxylic acids is 1. The summed E-state index contributed by atoms with van der Waals surface area (Å²) in [4.78, 5) is 14.3. The lowest BCUT2D eigenvalue weighted by atomic mass is 10.0. The molecule has 1 saturated heterocycles. The van der Waals surface area contributed by atoms with Crippen LogP contribution in [-0.4, -0.2) is 29.1 Å². The zero-order chi connectivity index (χ0) is 13.1. The van der Waals surface area contributed by atoms with Crippen molar-refractivity contribution in [1.82, 2.24) is 4.90 Å². The minimum atomic E-state index is -0.893. The lowest BCUT2D eigenvalue weighted by Crippen LogP contribution is -2.19. The lowest BCUT2D eigenvalue weighted by molar-refractivity contribution is -0.131. The van der Waals surface area contributed by atoms with Crippen molar-refractivity contribution in [2.24, 2.45) is 11.8 Å². The van der Waals surface area contributed by atoms with Gasteiger partial charge < -0.3 is 5.11 Å². The summed E-state index contributed by atoms with van der Waals surface area (Å²) < 4.78 is 0. The largest absolute Gasteiger partial charge is 0.478 e. The van der Waals surface area contributed by atoms with Gasteiger partial charge >= 0.3 is 5.97 Å². The average Bonchev–Trinajstić information content (AvgIpc) is 2.85. The molecule has 98 valence electrons. The Hall–Kier alpha value is -1.13. The van der Waals surface area contributed by atoms with E-state index >= 15 is 0 Å². The van der Waals surface area contributed by atoms with E-state index in [1.807, 2.05) is 11.4 Å². The maximum Gasteiger partial charge on any atom is 0.328 e. The van der Waals surface area contributed by atoms with Gasteiger partial charge in [-0.3, -0.25) is 4.90 Å². The van der Waals surface area contributed by atoms with E-state index in [4.69, 9.17) is 5.11 Å². The second kappa shape index (κ2) is 5.67. The maximum atomic E-state index is 10.5. The van der Waals surface area contributed by atoms with Gasteiger partial charge in [-0.25, -0.2) is 4.79 Å². The fourth-order valence-electron chi connectivity index (χ4n) is 2.37. The third kappa shape index (κ3) is 3.21. The molecule has 3 nitrogen and oxygen atoms in total. The highest BCUT2D eigenvalue weighted by Gasteiger charge is 2.26. The monoisotopic (exact) mass is 265 g/mol. The molecule has 1 aliphatic heterocycles. The Balaban J connectivity index is 2.02. The number of hydrogen-bond acceptors (Lipinski definition) is 3. The first-order valence-electron chi connectivity index (χ1n) is 6.26. The van der Waals surface area contributed by atoms with Crippen LogP contribution in [0.1, 0.15) is 24.3 Å². The molecule has 1 aliphatic rings. The number of nitrogens with zero attached hydrogens (tertiary/aromatic N) is 1. The van der Waals surface area contributed by atoms with E-state index in [2.05, 4.69) is 18.7 Å². The van der Waals surface area contributed by atoms with Gasteiger partial charge in [0.15, 0.2) is 0 Å². The Kier molecular flexibility index (Phi) is 4.19. The summed E-state index contributed by atoms with van der Waals surface area (Å²) in [6.45, 7) is 7.81. The zero-order valence-corrected chi connectivity index (χ0v) is 11.6. The van der Waals surface area contributed by atoms with Gasteiger partial charge in [0.1, 0.15) is 0 Å². The summed E-state index contributed by atoms with van der Waals surface area (Å²) >= 11 is 1.70. The van der Waals surface area contributed by atoms with Crippen LogP contribution in [0.3, 0.4) is 0 Å². The standard InChI is InChI=1S/C14H19NO2S/c1-10-7-15(8-11(10)2)9-13-12(5-6-18-13)3-4-14(16)17/h3-6,10-11H,7-9H2,1-2H3,(H,16,17). The van der Waals surface area contributed by atoms with Gasteiger partial charge in [0.2, 0.25) is 0 Å². The van der Waals surface area contributed by atoms with Gasteiger partial charge in [-0.15, -0.1) is 11.3 Å². The first kappa shape index (κ1) is 13.3. The fourth-order valence-corrected chi connectivity index (χ4v) is 3.28. The number of likely N-dealkylation sites (tertiary alicyclic amines) is 1. The fraction of sp³-hybridized carbons (Fsp3) is 0.500. The first-order chi connectivity index (χ1) is 8.56. The summed E-state index contributed by atoms with van der Waals surface area (Å²) in [5.41, 5.74) is 1.04. The molecule has 0 saturated carbocycles. The topological polar surface area (TPSA) is 40.5 Å². The van der Waals surface area contributed by atoms with E-state index in [1.54, 1.807) is 17.4 Å². The van der Waals surface area contributed by atoms with Crippen molar-refractivity contribution >= 4 is 23.4 Å². The first-order valence-corrected chi connectivity index (χ1v) is 7.14. The number of carboxylic acid groups (broad SMARTS) is 1. The maximum absolute atomic E-state index is 10.5. The predicted octanol–water partition coefficient (Wildman–Crippen LogP) is 2.93. The number of carbonyl (C=O) groups is 1. The zero-order valence-electron chi connectivity index (χ0n) is 10.8. The van der Waals surface area contributed by atoms with Crippen molar-refractivity contribution in [2.75, 3.05) is 13.1 Å². The molecule has 0 radical (unpaired) electrons. The molecule has 2 atom stereocenters. The molecule has 0 aliphatic carbocycles. The summed E-state index contributed by atoms with van der Waals surface area (Å²) in [6, 6.07) is 1.99. The van der Waals surface area contributed by atoms with Crippen molar-refractivity contribution in [3.8, 4) is 0 Å². The molecule has 0 aromatic carbocycles. The van der Waals surface area contributed by atoms with Crippen molar-refractivity contribution in [2.45, 2.75) is 20.4 Å².